The zero-order chi connectivity index (χ0) is 15.2. The Bertz CT molecular complexity index is 809. The van der Waals surface area contributed by atoms with Crippen LogP contribution in [-0.2, 0) is 5.54 Å². The van der Waals surface area contributed by atoms with E-state index in [1.54, 1.807) is 18.3 Å². The smallest absolute Gasteiger partial charge is 0.261 e. The maximum absolute atomic E-state index is 13.1. The zero-order valence-electron chi connectivity index (χ0n) is 12.1. The van der Waals surface area contributed by atoms with Crippen LogP contribution in [0.2, 0.25) is 0 Å². The number of H-pyrrole nitrogens is 1. The summed E-state index contributed by atoms with van der Waals surface area (Å²) < 4.78 is 18.4. The lowest BCUT2D eigenvalue weighted by atomic mass is 9.77. The number of rotatable bonds is 3. The van der Waals surface area contributed by atoms with E-state index in [1.807, 2.05) is 0 Å². The molecule has 0 saturated heterocycles. The van der Waals surface area contributed by atoms with Gasteiger partial charge in [-0.05, 0) is 43.5 Å². The minimum Gasteiger partial charge on any atom is -0.334 e. The Hall–Kier alpha value is -2.25. The SMILES string of the molecule is Cl.NC1(c2noc(-c3cn[nH]c3-c3ccc(F)cc3)n2)CCC1. The van der Waals surface area contributed by atoms with Crippen LogP contribution in [0, 0.1) is 5.82 Å². The minimum absolute atomic E-state index is 0. The normalized spacial score (nSPS) is 15.7. The minimum atomic E-state index is -0.471. The molecule has 1 aliphatic rings. The molecule has 2 aromatic heterocycles. The van der Waals surface area contributed by atoms with E-state index in [-0.39, 0.29) is 18.2 Å². The second-order valence-corrected chi connectivity index (χ2v) is 5.60. The first kappa shape index (κ1) is 15.6. The second kappa shape index (κ2) is 5.75. The van der Waals surface area contributed by atoms with Crippen LogP contribution in [0.3, 0.4) is 0 Å². The van der Waals surface area contributed by atoms with Crippen molar-refractivity contribution >= 4 is 12.4 Å². The van der Waals surface area contributed by atoms with Crippen molar-refractivity contribution in [2.45, 2.75) is 24.8 Å². The lowest BCUT2D eigenvalue weighted by molar-refractivity contribution is 0.229. The Kier molecular flexibility index (Phi) is 3.91. The van der Waals surface area contributed by atoms with Crippen molar-refractivity contribution in [2.24, 2.45) is 5.73 Å². The molecule has 1 saturated carbocycles. The number of aromatic amines is 1. The molecule has 1 fully saturated rings. The summed E-state index contributed by atoms with van der Waals surface area (Å²) in [6.07, 6.45) is 4.41. The van der Waals surface area contributed by atoms with Gasteiger partial charge in [0.1, 0.15) is 5.82 Å². The number of benzene rings is 1. The van der Waals surface area contributed by atoms with Crippen LogP contribution in [0.15, 0.2) is 35.0 Å². The summed E-state index contributed by atoms with van der Waals surface area (Å²) in [7, 11) is 0. The van der Waals surface area contributed by atoms with Gasteiger partial charge in [0.2, 0.25) is 0 Å². The number of hydrogen-bond acceptors (Lipinski definition) is 5. The fourth-order valence-corrected chi connectivity index (χ4v) is 2.60. The summed E-state index contributed by atoms with van der Waals surface area (Å²) in [5, 5.41) is 10.9. The van der Waals surface area contributed by atoms with Crippen LogP contribution in [0.1, 0.15) is 25.1 Å². The third-order valence-electron chi connectivity index (χ3n) is 4.12. The average molecular weight is 336 g/mol. The van der Waals surface area contributed by atoms with E-state index in [4.69, 9.17) is 10.3 Å². The molecule has 0 aliphatic heterocycles. The number of nitrogens with zero attached hydrogens (tertiary/aromatic N) is 3. The second-order valence-electron chi connectivity index (χ2n) is 5.60. The molecule has 0 amide bonds. The van der Waals surface area contributed by atoms with Crippen LogP contribution >= 0.6 is 12.4 Å². The van der Waals surface area contributed by atoms with E-state index in [9.17, 15) is 4.39 Å². The quantitative estimate of drug-likeness (QED) is 0.767. The summed E-state index contributed by atoms with van der Waals surface area (Å²) in [6.45, 7) is 0. The summed E-state index contributed by atoms with van der Waals surface area (Å²) in [5.74, 6) is 0.597. The fraction of sp³-hybridized carbons (Fsp3) is 0.267. The van der Waals surface area contributed by atoms with Gasteiger partial charge in [-0.15, -0.1) is 12.4 Å². The molecule has 0 bridgehead atoms. The number of hydrogen-bond donors (Lipinski definition) is 2. The molecule has 0 unspecified atom stereocenters. The molecule has 23 heavy (non-hydrogen) atoms. The standard InChI is InChI=1S/C15H14FN5O.ClH/c16-10-4-2-9(3-5-10)12-11(8-18-20-12)13-19-14(21-22-13)15(17)6-1-7-15;/h2-5,8H,1,6-7,17H2,(H,18,20);1H. The molecule has 8 heteroatoms. The summed E-state index contributed by atoms with van der Waals surface area (Å²) in [5.41, 5.74) is 7.91. The molecule has 0 atom stereocenters. The molecule has 1 aliphatic carbocycles. The van der Waals surface area contributed by atoms with Gasteiger partial charge in [-0.2, -0.15) is 10.1 Å². The Morgan fingerprint density at radius 1 is 1.22 bits per heavy atom. The highest BCUT2D eigenvalue weighted by molar-refractivity contribution is 5.85. The predicted molar refractivity (Wildman–Crippen MR) is 84.2 cm³/mol. The van der Waals surface area contributed by atoms with Gasteiger partial charge >= 0.3 is 0 Å². The van der Waals surface area contributed by atoms with Gasteiger partial charge in [-0.3, -0.25) is 5.10 Å². The van der Waals surface area contributed by atoms with Gasteiger partial charge in [0.05, 0.1) is 23.0 Å². The van der Waals surface area contributed by atoms with Gasteiger partial charge in [-0.25, -0.2) is 4.39 Å². The van der Waals surface area contributed by atoms with Gasteiger partial charge in [0.25, 0.3) is 5.89 Å². The lowest BCUT2D eigenvalue weighted by Crippen LogP contribution is -2.44. The van der Waals surface area contributed by atoms with Crippen LogP contribution in [0.4, 0.5) is 4.39 Å². The molecule has 3 N–H and O–H groups in total. The molecular weight excluding hydrogens is 321 g/mol. The summed E-state index contributed by atoms with van der Waals surface area (Å²) in [4.78, 5) is 4.41. The molecule has 0 radical (unpaired) electrons. The summed E-state index contributed by atoms with van der Waals surface area (Å²) >= 11 is 0. The number of nitrogens with one attached hydrogen (secondary N) is 1. The van der Waals surface area contributed by atoms with Crippen molar-refractivity contribution in [3.63, 3.8) is 0 Å². The maximum Gasteiger partial charge on any atom is 0.261 e. The molecule has 6 nitrogen and oxygen atoms in total. The van der Waals surface area contributed by atoms with Gasteiger partial charge in [-0.1, -0.05) is 5.16 Å². The largest absolute Gasteiger partial charge is 0.334 e. The average Bonchev–Trinajstić information content (AvgIpc) is 3.14. The molecule has 0 spiro atoms. The van der Waals surface area contributed by atoms with Crippen LogP contribution in [-0.4, -0.2) is 20.3 Å². The zero-order valence-corrected chi connectivity index (χ0v) is 12.9. The maximum atomic E-state index is 13.1. The molecule has 120 valence electrons. The van der Waals surface area contributed by atoms with Gasteiger partial charge in [0.15, 0.2) is 5.82 Å². The van der Waals surface area contributed by atoms with E-state index in [1.165, 1.54) is 12.1 Å². The van der Waals surface area contributed by atoms with Crippen LogP contribution in [0.5, 0.6) is 0 Å². The van der Waals surface area contributed by atoms with E-state index in [2.05, 4.69) is 20.3 Å². The van der Waals surface area contributed by atoms with Gasteiger partial charge < -0.3 is 10.3 Å². The third-order valence-corrected chi connectivity index (χ3v) is 4.12. The first-order valence-electron chi connectivity index (χ1n) is 7.08. The molecule has 4 rings (SSSR count). The summed E-state index contributed by atoms with van der Waals surface area (Å²) in [6, 6.07) is 6.12. The van der Waals surface area contributed by atoms with Crippen molar-refractivity contribution < 1.29 is 8.91 Å². The fourth-order valence-electron chi connectivity index (χ4n) is 2.60. The third kappa shape index (κ3) is 2.62. The Morgan fingerprint density at radius 2 is 1.96 bits per heavy atom. The molecule has 1 aromatic carbocycles. The van der Waals surface area contributed by atoms with Crippen molar-refractivity contribution in [1.29, 1.82) is 0 Å². The van der Waals surface area contributed by atoms with E-state index < -0.39 is 5.54 Å². The monoisotopic (exact) mass is 335 g/mol. The molecular formula is C15H15ClFN5O. The van der Waals surface area contributed by atoms with Crippen molar-refractivity contribution in [2.75, 3.05) is 0 Å². The predicted octanol–water partition coefficient (Wildman–Crippen LogP) is 3.03. The van der Waals surface area contributed by atoms with Gasteiger partial charge in [0, 0.05) is 5.56 Å². The highest BCUT2D eigenvalue weighted by Crippen LogP contribution is 2.38. The number of aromatic nitrogens is 4. The van der Waals surface area contributed by atoms with E-state index in [0.29, 0.717) is 23.0 Å². The van der Waals surface area contributed by atoms with Crippen molar-refractivity contribution in [3.8, 4) is 22.7 Å². The molecule has 2 heterocycles. The molecule has 3 aromatic rings. The van der Waals surface area contributed by atoms with E-state index in [0.717, 1.165) is 24.8 Å². The Balaban J connectivity index is 0.00000156. The van der Waals surface area contributed by atoms with Crippen molar-refractivity contribution in [3.05, 3.63) is 42.1 Å². The van der Waals surface area contributed by atoms with Crippen molar-refractivity contribution in [1.82, 2.24) is 20.3 Å². The number of nitrogens with two attached hydrogens (primary N) is 1. The highest BCUT2D eigenvalue weighted by atomic mass is 35.5. The van der Waals surface area contributed by atoms with Crippen LogP contribution < -0.4 is 5.73 Å². The Morgan fingerprint density at radius 3 is 2.61 bits per heavy atom. The lowest BCUT2D eigenvalue weighted by Gasteiger charge is -2.34. The van der Waals surface area contributed by atoms with E-state index >= 15 is 0 Å². The first-order chi connectivity index (χ1) is 10.7. The highest BCUT2D eigenvalue weighted by Gasteiger charge is 2.39. The van der Waals surface area contributed by atoms with Crippen LogP contribution in [0.25, 0.3) is 22.7 Å². The Labute approximate surface area is 137 Å². The topological polar surface area (TPSA) is 93.6 Å². The number of halogens is 2. The first-order valence-corrected chi connectivity index (χ1v) is 7.08.